The summed E-state index contributed by atoms with van der Waals surface area (Å²) >= 11 is 0. The molecule has 20 heavy (non-hydrogen) atoms. The maximum absolute atomic E-state index is 6.19. The summed E-state index contributed by atoms with van der Waals surface area (Å²) < 4.78 is 2.20. The van der Waals surface area contributed by atoms with Gasteiger partial charge in [-0.3, -0.25) is 0 Å². The monoisotopic (exact) mass is 258 g/mol. The topological polar surface area (TPSA) is 30.9 Å². The van der Waals surface area contributed by atoms with Crippen molar-refractivity contribution in [3.63, 3.8) is 0 Å². The molecule has 2 N–H and O–H groups in total. The first-order chi connectivity index (χ1) is 9.84. The van der Waals surface area contributed by atoms with Gasteiger partial charge in [0.15, 0.2) is 0 Å². The van der Waals surface area contributed by atoms with Crippen molar-refractivity contribution in [2.75, 3.05) is 5.73 Å². The second-order valence-corrected chi connectivity index (χ2v) is 4.97. The van der Waals surface area contributed by atoms with Crippen LogP contribution in [0.15, 0.2) is 72.9 Å². The van der Waals surface area contributed by atoms with Crippen LogP contribution in [0, 0.1) is 0 Å². The zero-order chi connectivity index (χ0) is 13.5. The van der Waals surface area contributed by atoms with Gasteiger partial charge in [-0.2, -0.15) is 0 Å². The lowest BCUT2D eigenvalue weighted by atomic mass is 10.1. The highest BCUT2D eigenvalue weighted by molar-refractivity contribution is 6.00. The molecule has 0 aliphatic rings. The minimum atomic E-state index is 0.816. The molecule has 96 valence electrons. The summed E-state index contributed by atoms with van der Waals surface area (Å²) in [7, 11) is 0. The molecule has 0 radical (unpaired) electrons. The predicted molar refractivity (Wildman–Crippen MR) is 85.2 cm³/mol. The smallest absolute Gasteiger partial charge is 0.0554 e. The van der Waals surface area contributed by atoms with Crippen LogP contribution >= 0.6 is 0 Å². The van der Waals surface area contributed by atoms with Gasteiger partial charge < -0.3 is 10.3 Å². The Hall–Kier alpha value is -2.74. The molecule has 4 aromatic rings. The molecule has 0 spiro atoms. The van der Waals surface area contributed by atoms with Crippen LogP contribution in [0.4, 0.5) is 5.69 Å². The molecule has 1 heterocycles. The van der Waals surface area contributed by atoms with Crippen molar-refractivity contribution in [2.45, 2.75) is 0 Å². The Morgan fingerprint density at radius 2 is 1.45 bits per heavy atom. The second-order valence-electron chi connectivity index (χ2n) is 4.97. The zero-order valence-corrected chi connectivity index (χ0v) is 11.0. The Bertz CT molecular complexity index is 914. The minimum Gasteiger partial charge on any atom is -0.398 e. The Morgan fingerprint density at radius 3 is 2.35 bits per heavy atom. The molecule has 0 aliphatic carbocycles. The molecule has 0 amide bonds. The fourth-order valence-electron chi connectivity index (χ4n) is 2.84. The van der Waals surface area contributed by atoms with Crippen molar-refractivity contribution in [1.82, 2.24) is 4.57 Å². The first kappa shape index (κ1) is 11.1. The number of nitrogen functional groups attached to an aromatic ring is 1. The van der Waals surface area contributed by atoms with Gasteiger partial charge >= 0.3 is 0 Å². The molecule has 0 bridgehead atoms. The first-order valence-corrected chi connectivity index (χ1v) is 6.68. The lowest BCUT2D eigenvalue weighted by Gasteiger charge is -2.11. The van der Waals surface area contributed by atoms with Crippen LogP contribution in [-0.4, -0.2) is 4.57 Å². The highest BCUT2D eigenvalue weighted by Gasteiger charge is 2.08. The SMILES string of the molecule is Nc1cccc2cccc(-n3ccc4ccccc43)c12. The largest absolute Gasteiger partial charge is 0.398 e. The van der Waals surface area contributed by atoms with Crippen LogP contribution in [0.5, 0.6) is 0 Å². The van der Waals surface area contributed by atoms with Crippen LogP contribution in [0.25, 0.3) is 27.4 Å². The number of fused-ring (bicyclic) bond motifs is 2. The molecule has 3 aromatic carbocycles. The molecule has 0 aliphatic heterocycles. The Morgan fingerprint density at radius 1 is 0.700 bits per heavy atom. The van der Waals surface area contributed by atoms with Gasteiger partial charge in [-0.15, -0.1) is 0 Å². The van der Waals surface area contributed by atoms with E-state index in [0.717, 1.165) is 16.8 Å². The third-order valence-corrected chi connectivity index (χ3v) is 3.77. The third-order valence-electron chi connectivity index (χ3n) is 3.77. The Labute approximate surface area is 117 Å². The lowest BCUT2D eigenvalue weighted by Crippen LogP contribution is -1.96. The molecule has 0 saturated heterocycles. The average Bonchev–Trinajstić information content (AvgIpc) is 2.91. The quantitative estimate of drug-likeness (QED) is 0.505. The fraction of sp³-hybridized carbons (Fsp3) is 0. The number of benzene rings is 3. The summed E-state index contributed by atoms with van der Waals surface area (Å²) in [5.41, 5.74) is 9.33. The number of anilines is 1. The van der Waals surface area contributed by atoms with Crippen LogP contribution < -0.4 is 5.73 Å². The van der Waals surface area contributed by atoms with E-state index in [1.807, 2.05) is 12.1 Å². The Balaban J connectivity index is 2.13. The van der Waals surface area contributed by atoms with Crippen molar-refractivity contribution >= 4 is 27.4 Å². The number of rotatable bonds is 1. The predicted octanol–water partition coefficient (Wildman–Crippen LogP) is 4.37. The van der Waals surface area contributed by atoms with E-state index in [4.69, 9.17) is 5.73 Å². The van der Waals surface area contributed by atoms with Crippen LogP contribution in [0.2, 0.25) is 0 Å². The van der Waals surface area contributed by atoms with Gasteiger partial charge in [0, 0.05) is 17.3 Å². The van der Waals surface area contributed by atoms with Gasteiger partial charge in [0.25, 0.3) is 0 Å². The maximum atomic E-state index is 6.19. The number of nitrogens with zero attached hydrogens (tertiary/aromatic N) is 1. The van der Waals surface area contributed by atoms with Crippen LogP contribution in [0.3, 0.4) is 0 Å². The summed E-state index contributed by atoms with van der Waals surface area (Å²) in [5, 5.41) is 3.51. The fourth-order valence-corrected chi connectivity index (χ4v) is 2.84. The van der Waals surface area contributed by atoms with Gasteiger partial charge in [0.1, 0.15) is 0 Å². The summed E-state index contributed by atoms with van der Waals surface area (Å²) in [6.45, 7) is 0. The van der Waals surface area contributed by atoms with Gasteiger partial charge in [0.2, 0.25) is 0 Å². The normalized spacial score (nSPS) is 11.2. The lowest BCUT2D eigenvalue weighted by molar-refractivity contribution is 1.14. The highest BCUT2D eigenvalue weighted by atomic mass is 15.0. The van der Waals surface area contributed by atoms with Crippen LogP contribution in [-0.2, 0) is 0 Å². The van der Waals surface area contributed by atoms with Crippen molar-refractivity contribution < 1.29 is 0 Å². The maximum Gasteiger partial charge on any atom is 0.0554 e. The summed E-state index contributed by atoms with van der Waals surface area (Å²) in [4.78, 5) is 0. The minimum absolute atomic E-state index is 0.816. The molecule has 0 unspecified atom stereocenters. The van der Waals surface area contributed by atoms with Gasteiger partial charge in [-0.25, -0.2) is 0 Å². The number of para-hydroxylation sites is 1. The van der Waals surface area contributed by atoms with Crippen LogP contribution in [0.1, 0.15) is 0 Å². The van der Waals surface area contributed by atoms with Crippen molar-refractivity contribution in [1.29, 1.82) is 0 Å². The third kappa shape index (κ3) is 1.51. The summed E-state index contributed by atoms with van der Waals surface area (Å²) in [5.74, 6) is 0. The highest BCUT2D eigenvalue weighted by Crippen LogP contribution is 2.30. The van der Waals surface area contributed by atoms with E-state index >= 15 is 0 Å². The van der Waals surface area contributed by atoms with Gasteiger partial charge in [-0.05, 0) is 35.0 Å². The first-order valence-electron chi connectivity index (χ1n) is 6.68. The molecular weight excluding hydrogens is 244 g/mol. The molecule has 0 atom stereocenters. The van der Waals surface area contributed by atoms with Crippen molar-refractivity contribution in [3.8, 4) is 5.69 Å². The number of nitrogens with two attached hydrogens (primary N) is 1. The second kappa shape index (κ2) is 4.14. The van der Waals surface area contributed by atoms with Crippen molar-refractivity contribution in [2.24, 2.45) is 0 Å². The van der Waals surface area contributed by atoms with E-state index < -0.39 is 0 Å². The number of hydrogen-bond donors (Lipinski definition) is 1. The molecule has 1 aromatic heterocycles. The Kier molecular flexibility index (Phi) is 2.30. The molecule has 2 nitrogen and oxygen atoms in total. The van der Waals surface area contributed by atoms with E-state index in [-0.39, 0.29) is 0 Å². The van der Waals surface area contributed by atoms with Crippen molar-refractivity contribution in [3.05, 3.63) is 72.9 Å². The molecule has 0 fully saturated rings. The molecular formula is C18H14N2. The average molecular weight is 258 g/mol. The summed E-state index contributed by atoms with van der Waals surface area (Å²) in [6, 6.07) is 22.9. The van der Waals surface area contributed by atoms with E-state index in [1.54, 1.807) is 0 Å². The van der Waals surface area contributed by atoms with E-state index in [0.29, 0.717) is 0 Å². The number of aromatic nitrogens is 1. The molecule has 2 heteroatoms. The molecule has 0 saturated carbocycles. The van der Waals surface area contributed by atoms with Gasteiger partial charge in [0.05, 0.1) is 11.2 Å². The van der Waals surface area contributed by atoms with E-state index in [2.05, 4.69) is 65.4 Å². The number of hydrogen-bond acceptors (Lipinski definition) is 1. The van der Waals surface area contributed by atoms with E-state index in [9.17, 15) is 0 Å². The van der Waals surface area contributed by atoms with E-state index in [1.165, 1.54) is 16.3 Å². The van der Waals surface area contributed by atoms with Gasteiger partial charge in [-0.1, -0.05) is 42.5 Å². The molecule has 4 rings (SSSR count). The zero-order valence-electron chi connectivity index (χ0n) is 11.0. The summed E-state index contributed by atoms with van der Waals surface area (Å²) in [6.07, 6.45) is 2.10. The standard InChI is InChI=1S/C18H14N2/c19-15-8-3-6-14-7-4-10-17(18(14)15)20-12-11-13-5-1-2-9-16(13)20/h1-12H,19H2.